The van der Waals surface area contributed by atoms with Crippen LogP contribution in [0.5, 0.6) is 0 Å². The van der Waals surface area contributed by atoms with Crippen LogP contribution in [0.3, 0.4) is 0 Å². The fourth-order valence-electron chi connectivity index (χ4n) is 3.06. The second-order valence-electron chi connectivity index (χ2n) is 4.93. The summed E-state index contributed by atoms with van der Waals surface area (Å²) in [6, 6.07) is 2.31. The average Bonchev–Trinajstić information content (AvgIpc) is 3.03. The number of nitriles is 1. The van der Waals surface area contributed by atoms with Gasteiger partial charge in [-0.1, -0.05) is 24.3 Å². The Morgan fingerprint density at radius 3 is 2.22 bits per heavy atom. The maximum atomic E-state index is 12.4. The summed E-state index contributed by atoms with van der Waals surface area (Å²) in [5.74, 6) is -0.357. The van der Waals surface area contributed by atoms with Gasteiger partial charge in [0.2, 0.25) is 0 Å². The Hall–Kier alpha value is -1.56. The van der Waals surface area contributed by atoms with Gasteiger partial charge in [-0.2, -0.15) is 5.26 Å². The molecule has 0 bridgehead atoms. The topological polar surface area (TPSA) is 50.1 Å². The highest BCUT2D eigenvalue weighted by atomic mass is 16.5. The van der Waals surface area contributed by atoms with E-state index in [-0.39, 0.29) is 17.8 Å². The molecule has 2 aliphatic rings. The van der Waals surface area contributed by atoms with E-state index in [1.807, 2.05) is 12.2 Å². The minimum Gasteiger partial charge on any atom is -0.465 e. The summed E-state index contributed by atoms with van der Waals surface area (Å²) in [5.41, 5.74) is -1.02. The third kappa shape index (κ3) is 1.96. The lowest BCUT2D eigenvalue weighted by Crippen LogP contribution is -2.43. The van der Waals surface area contributed by atoms with Gasteiger partial charge in [0, 0.05) is 11.8 Å². The second-order valence-corrected chi connectivity index (χ2v) is 4.93. The molecule has 3 heteroatoms. The van der Waals surface area contributed by atoms with Crippen molar-refractivity contribution in [2.24, 2.45) is 17.3 Å². The standard InChI is InChI=1S/C15H19NO2/c1-2-18-14(17)15(11-16,12-7-3-4-8-12)13-9-5-6-10-13/h3,5,7,9,12-13H,2,4,6,8,10H2,1H3/t12-,13+,15?. The lowest BCUT2D eigenvalue weighted by Gasteiger charge is -2.34. The van der Waals surface area contributed by atoms with E-state index in [0.29, 0.717) is 6.61 Å². The van der Waals surface area contributed by atoms with Crippen LogP contribution < -0.4 is 0 Å². The Kier molecular flexibility index (Phi) is 3.86. The van der Waals surface area contributed by atoms with Crippen LogP contribution >= 0.6 is 0 Å². The summed E-state index contributed by atoms with van der Waals surface area (Å²) in [4.78, 5) is 12.4. The Labute approximate surface area is 108 Å². The highest BCUT2D eigenvalue weighted by Crippen LogP contribution is 2.46. The van der Waals surface area contributed by atoms with E-state index < -0.39 is 5.41 Å². The van der Waals surface area contributed by atoms with E-state index in [4.69, 9.17) is 4.74 Å². The third-order valence-corrected chi connectivity index (χ3v) is 3.99. The molecule has 0 heterocycles. The van der Waals surface area contributed by atoms with Gasteiger partial charge in [-0.25, -0.2) is 0 Å². The summed E-state index contributed by atoms with van der Waals surface area (Å²) in [5, 5.41) is 9.68. The molecule has 0 spiro atoms. The third-order valence-electron chi connectivity index (χ3n) is 3.99. The zero-order valence-corrected chi connectivity index (χ0v) is 10.8. The minimum absolute atomic E-state index is 0.00528. The van der Waals surface area contributed by atoms with Crippen molar-refractivity contribution in [2.75, 3.05) is 6.61 Å². The van der Waals surface area contributed by atoms with Crippen LogP contribution in [0.4, 0.5) is 0 Å². The molecule has 18 heavy (non-hydrogen) atoms. The van der Waals surface area contributed by atoms with E-state index in [1.165, 1.54) is 0 Å². The molecule has 0 aromatic rings. The molecule has 0 saturated heterocycles. The molecular formula is C15H19NO2. The zero-order valence-electron chi connectivity index (χ0n) is 10.8. The molecule has 0 amide bonds. The van der Waals surface area contributed by atoms with Crippen molar-refractivity contribution in [2.45, 2.75) is 32.6 Å². The van der Waals surface area contributed by atoms with Crippen molar-refractivity contribution in [3.8, 4) is 6.07 Å². The number of nitrogens with zero attached hydrogens (tertiary/aromatic N) is 1. The molecule has 0 aromatic carbocycles. The van der Waals surface area contributed by atoms with Gasteiger partial charge in [0.05, 0.1) is 12.7 Å². The number of allylic oxidation sites excluding steroid dienone is 4. The monoisotopic (exact) mass is 245 g/mol. The molecule has 0 saturated carbocycles. The van der Waals surface area contributed by atoms with Gasteiger partial charge in [0.15, 0.2) is 5.41 Å². The van der Waals surface area contributed by atoms with Crippen LogP contribution in [-0.4, -0.2) is 12.6 Å². The first kappa shape index (κ1) is 12.9. The van der Waals surface area contributed by atoms with Crippen LogP contribution in [0.2, 0.25) is 0 Å². The number of carbonyl (C=O) groups is 1. The van der Waals surface area contributed by atoms with Gasteiger partial charge in [-0.3, -0.25) is 4.79 Å². The number of rotatable bonds is 4. The lowest BCUT2D eigenvalue weighted by atomic mass is 9.66. The average molecular weight is 245 g/mol. The van der Waals surface area contributed by atoms with Crippen LogP contribution in [0.15, 0.2) is 24.3 Å². The van der Waals surface area contributed by atoms with Gasteiger partial charge in [0.25, 0.3) is 0 Å². The van der Waals surface area contributed by atoms with Gasteiger partial charge in [0.1, 0.15) is 0 Å². The first-order valence-electron chi connectivity index (χ1n) is 6.67. The number of ether oxygens (including phenoxy) is 1. The molecule has 3 nitrogen and oxygen atoms in total. The number of carbonyl (C=O) groups excluding carboxylic acids is 1. The molecule has 0 aromatic heterocycles. The second kappa shape index (κ2) is 5.39. The van der Waals surface area contributed by atoms with Gasteiger partial charge < -0.3 is 4.74 Å². The zero-order chi connectivity index (χ0) is 13.0. The number of hydrogen-bond acceptors (Lipinski definition) is 3. The minimum atomic E-state index is -1.02. The molecule has 0 aliphatic heterocycles. The highest BCUT2D eigenvalue weighted by molar-refractivity contribution is 5.82. The van der Waals surface area contributed by atoms with E-state index in [9.17, 15) is 10.1 Å². The summed E-state index contributed by atoms with van der Waals surface area (Å²) in [6.07, 6.45) is 11.8. The van der Waals surface area contributed by atoms with Crippen molar-refractivity contribution in [1.29, 1.82) is 5.26 Å². The predicted molar refractivity (Wildman–Crippen MR) is 68.4 cm³/mol. The Morgan fingerprint density at radius 2 is 1.89 bits per heavy atom. The molecule has 0 N–H and O–H groups in total. The number of esters is 1. The van der Waals surface area contributed by atoms with Crippen LogP contribution in [-0.2, 0) is 9.53 Å². The Morgan fingerprint density at radius 1 is 1.33 bits per heavy atom. The van der Waals surface area contributed by atoms with E-state index in [2.05, 4.69) is 18.2 Å². The Balaban J connectivity index is 2.35. The SMILES string of the molecule is CCOC(=O)C(C#N)([C@@H]1C=CCC1)[C@H]1C=CCC1. The first-order valence-corrected chi connectivity index (χ1v) is 6.67. The first-order chi connectivity index (χ1) is 8.75. The summed E-state index contributed by atoms with van der Waals surface area (Å²) in [6.45, 7) is 2.12. The molecule has 0 fully saturated rings. The van der Waals surface area contributed by atoms with E-state index >= 15 is 0 Å². The van der Waals surface area contributed by atoms with Crippen molar-refractivity contribution in [1.82, 2.24) is 0 Å². The maximum absolute atomic E-state index is 12.4. The summed E-state index contributed by atoms with van der Waals surface area (Å²) < 4.78 is 5.19. The smallest absolute Gasteiger partial charge is 0.327 e. The predicted octanol–water partition coefficient (Wildman–Crippen LogP) is 2.99. The summed E-state index contributed by atoms with van der Waals surface area (Å²) >= 11 is 0. The van der Waals surface area contributed by atoms with Crippen molar-refractivity contribution in [3.05, 3.63) is 24.3 Å². The molecule has 2 aliphatic carbocycles. The molecule has 3 atom stereocenters. The molecule has 2 rings (SSSR count). The fraction of sp³-hybridized carbons (Fsp3) is 0.600. The van der Waals surface area contributed by atoms with E-state index in [1.54, 1.807) is 6.92 Å². The maximum Gasteiger partial charge on any atom is 0.327 e. The van der Waals surface area contributed by atoms with Crippen LogP contribution in [0, 0.1) is 28.6 Å². The highest BCUT2D eigenvalue weighted by Gasteiger charge is 2.52. The molecular weight excluding hydrogens is 226 g/mol. The lowest BCUT2D eigenvalue weighted by molar-refractivity contribution is -0.156. The van der Waals surface area contributed by atoms with Crippen LogP contribution in [0.25, 0.3) is 0 Å². The van der Waals surface area contributed by atoms with Crippen molar-refractivity contribution < 1.29 is 9.53 Å². The van der Waals surface area contributed by atoms with Gasteiger partial charge in [-0.15, -0.1) is 0 Å². The molecule has 1 unspecified atom stereocenters. The normalized spacial score (nSPS) is 28.9. The Bertz CT molecular complexity index is 395. The summed E-state index contributed by atoms with van der Waals surface area (Å²) in [7, 11) is 0. The molecule has 96 valence electrons. The van der Waals surface area contributed by atoms with Crippen LogP contribution in [0.1, 0.15) is 32.6 Å². The van der Waals surface area contributed by atoms with Crippen molar-refractivity contribution in [3.63, 3.8) is 0 Å². The van der Waals surface area contributed by atoms with E-state index in [0.717, 1.165) is 25.7 Å². The van der Waals surface area contributed by atoms with Crippen molar-refractivity contribution >= 4 is 5.97 Å². The van der Waals surface area contributed by atoms with Gasteiger partial charge in [-0.05, 0) is 32.6 Å². The van der Waals surface area contributed by atoms with Gasteiger partial charge >= 0.3 is 5.97 Å². The number of hydrogen-bond donors (Lipinski definition) is 0. The largest absolute Gasteiger partial charge is 0.465 e. The quantitative estimate of drug-likeness (QED) is 0.565. The molecule has 0 radical (unpaired) electrons. The fourth-order valence-corrected chi connectivity index (χ4v) is 3.06.